The first-order valence-electron chi connectivity index (χ1n) is 11.6. The number of carbonyl (C=O) groups is 1. The van der Waals surface area contributed by atoms with E-state index >= 15 is 0 Å². The van der Waals surface area contributed by atoms with Gasteiger partial charge < -0.3 is 4.57 Å². The lowest BCUT2D eigenvalue weighted by Gasteiger charge is -2.20. The molecule has 6 nitrogen and oxygen atoms in total. The van der Waals surface area contributed by atoms with Gasteiger partial charge in [-0.2, -0.15) is 15.1 Å². The number of benzene rings is 1. The molecule has 0 spiro atoms. The van der Waals surface area contributed by atoms with Crippen LogP contribution in [0.15, 0.2) is 46.0 Å². The molecule has 1 aromatic carbocycles. The number of unbranched alkanes of at least 4 members (excludes halogenated alkanes) is 4. The summed E-state index contributed by atoms with van der Waals surface area (Å²) >= 11 is 1.42. The number of carbonyl (C=O) groups excluding carboxylic acids is 1. The van der Waals surface area contributed by atoms with Crippen molar-refractivity contribution in [3.63, 3.8) is 0 Å². The highest BCUT2D eigenvalue weighted by Gasteiger charge is 2.35. The quantitative estimate of drug-likeness (QED) is 0.366. The molecular weight excluding hydrogens is 430 g/mol. The molecule has 0 atom stereocenters. The minimum Gasteiger partial charge on any atom is -0.318 e. The van der Waals surface area contributed by atoms with Crippen LogP contribution in [-0.2, 0) is 4.79 Å². The van der Waals surface area contributed by atoms with Gasteiger partial charge in [0.1, 0.15) is 5.04 Å². The van der Waals surface area contributed by atoms with Crippen LogP contribution in [0, 0.1) is 26.2 Å². The van der Waals surface area contributed by atoms with Crippen molar-refractivity contribution in [2.45, 2.75) is 66.2 Å². The van der Waals surface area contributed by atoms with Crippen molar-refractivity contribution in [2.24, 2.45) is 10.1 Å². The Balaban J connectivity index is 1.55. The topological polar surface area (TPSA) is 73.8 Å². The molecule has 2 aliphatic rings. The second kappa shape index (κ2) is 9.91. The maximum absolute atomic E-state index is 12.8. The van der Waals surface area contributed by atoms with Gasteiger partial charge in [-0.05, 0) is 75.2 Å². The fourth-order valence-corrected chi connectivity index (χ4v) is 5.12. The molecule has 1 aromatic heterocycles. The average molecular weight is 462 g/mol. The van der Waals surface area contributed by atoms with Gasteiger partial charge in [0.25, 0.3) is 5.91 Å². The number of nitrogens with one attached hydrogen (secondary N) is 1. The lowest BCUT2D eigenvalue weighted by atomic mass is 10.1. The molecule has 172 valence electrons. The van der Waals surface area contributed by atoms with Crippen LogP contribution in [0.25, 0.3) is 11.8 Å². The molecule has 0 fully saturated rings. The van der Waals surface area contributed by atoms with Gasteiger partial charge >= 0.3 is 0 Å². The Morgan fingerprint density at radius 2 is 1.79 bits per heavy atom. The largest absolute Gasteiger partial charge is 0.318 e. The third-order valence-corrected chi connectivity index (χ3v) is 7.02. The van der Waals surface area contributed by atoms with Crippen LogP contribution in [0.1, 0.15) is 68.0 Å². The molecule has 33 heavy (non-hydrogen) atoms. The number of rotatable bonds is 8. The molecule has 0 saturated carbocycles. The van der Waals surface area contributed by atoms with Crippen LogP contribution in [0.4, 0.5) is 0 Å². The zero-order valence-corrected chi connectivity index (χ0v) is 20.6. The molecule has 2 aromatic rings. The maximum atomic E-state index is 12.8. The van der Waals surface area contributed by atoms with Crippen molar-refractivity contribution in [3.8, 4) is 5.69 Å². The molecule has 0 saturated heterocycles. The van der Waals surface area contributed by atoms with Crippen LogP contribution < -0.4 is 0 Å². The van der Waals surface area contributed by atoms with E-state index in [1.165, 1.54) is 48.0 Å². The number of hydrogen-bond donors (Lipinski definition) is 1. The zero-order chi connectivity index (χ0) is 23.5. The molecule has 3 heterocycles. The van der Waals surface area contributed by atoms with Gasteiger partial charge in [0.2, 0.25) is 5.17 Å². The summed E-state index contributed by atoms with van der Waals surface area (Å²) in [6, 6.07) is 10.4. The third kappa shape index (κ3) is 4.88. The Morgan fingerprint density at radius 1 is 1.06 bits per heavy atom. The fourth-order valence-electron chi connectivity index (χ4n) is 4.19. The molecule has 7 heteroatoms. The molecule has 1 amide bonds. The summed E-state index contributed by atoms with van der Waals surface area (Å²) in [5.41, 5.74) is 5.56. The summed E-state index contributed by atoms with van der Waals surface area (Å²) in [6.07, 6.45) is 8.61. The summed E-state index contributed by atoms with van der Waals surface area (Å²) in [5, 5.41) is 16.2. The van der Waals surface area contributed by atoms with E-state index in [2.05, 4.69) is 52.8 Å². The Labute approximate surface area is 200 Å². The first kappa shape index (κ1) is 23.2. The highest BCUT2D eigenvalue weighted by Crippen LogP contribution is 2.31. The predicted molar refractivity (Wildman–Crippen MR) is 138 cm³/mol. The number of hydrazone groups is 1. The second-order valence-corrected chi connectivity index (χ2v) is 9.72. The zero-order valence-electron chi connectivity index (χ0n) is 19.8. The van der Waals surface area contributed by atoms with Gasteiger partial charge in [-0.15, -0.1) is 0 Å². The van der Waals surface area contributed by atoms with Gasteiger partial charge in [-0.25, -0.2) is 0 Å². The Hall–Kier alpha value is -2.93. The molecule has 1 N–H and O–H groups in total. The van der Waals surface area contributed by atoms with Crippen LogP contribution in [0.5, 0.6) is 0 Å². The fraction of sp³-hybridized carbons (Fsp3) is 0.385. The number of aryl methyl sites for hydroxylation is 2. The maximum Gasteiger partial charge on any atom is 0.283 e. The van der Waals surface area contributed by atoms with Gasteiger partial charge in [-0.1, -0.05) is 50.3 Å². The van der Waals surface area contributed by atoms with Gasteiger partial charge in [0.05, 0.1) is 5.57 Å². The van der Waals surface area contributed by atoms with Crippen LogP contribution >= 0.6 is 11.8 Å². The minimum atomic E-state index is -0.377. The second-order valence-electron chi connectivity index (χ2n) is 8.68. The lowest BCUT2D eigenvalue weighted by molar-refractivity contribution is -0.114. The molecular formula is C26H31N5OS. The minimum absolute atomic E-state index is 0.0959. The number of amidine groups is 2. The van der Waals surface area contributed by atoms with E-state index in [0.29, 0.717) is 5.17 Å². The van der Waals surface area contributed by atoms with Crippen molar-refractivity contribution in [2.75, 3.05) is 0 Å². The molecule has 2 aliphatic heterocycles. The van der Waals surface area contributed by atoms with Crippen molar-refractivity contribution in [3.05, 3.63) is 58.4 Å². The van der Waals surface area contributed by atoms with E-state index in [1.807, 2.05) is 19.9 Å². The third-order valence-electron chi connectivity index (χ3n) is 6.05. The summed E-state index contributed by atoms with van der Waals surface area (Å²) in [4.78, 5) is 17.0. The number of nitrogens with zero attached hydrogens (tertiary/aromatic N) is 4. The molecule has 0 unspecified atom stereocenters. The Morgan fingerprint density at radius 3 is 2.52 bits per heavy atom. The van der Waals surface area contributed by atoms with Gasteiger partial charge in [0, 0.05) is 17.1 Å². The summed E-state index contributed by atoms with van der Waals surface area (Å²) < 4.78 is 2.16. The monoisotopic (exact) mass is 461 g/mol. The number of aliphatic imine (C=N–C) groups is 1. The number of thioether (sulfide) groups is 1. The molecule has 4 rings (SSSR count). The van der Waals surface area contributed by atoms with E-state index in [9.17, 15) is 4.79 Å². The standard InChI is InChI=1S/C26H31N5OS/c1-5-6-7-8-9-10-23-29-31-24(27)22(25(32)28-26(31)33-23)16-20-15-18(3)30(19(20)4)21-13-11-17(2)12-14-21/h11-16,27H,5-10H2,1-4H3/b22-16-,27-24?. The SMILES string of the molecule is CCCCCCCC1=NN2C(=N)/C(=C/c3cc(C)n(-c4ccc(C)cc4)c3C)C(=O)N=C2S1. The summed E-state index contributed by atoms with van der Waals surface area (Å²) in [5.74, 6) is -0.281. The van der Waals surface area contributed by atoms with E-state index in [4.69, 9.17) is 5.41 Å². The Bertz CT molecular complexity index is 1170. The normalized spacial score (nSPS) is 17.0. The average Bonchev–Trinajstić information content (AvgIpc) is 3.31. The number of aromatic nitrogens is 1. The van der Waals surface area contributed by atoms with Crippen LogP contribution in [-0.4, -0.2) is 31.5 Å². The number of amides is 1. The van der Waals surface area contributed by atoms with E-state index < -0.39 is 0 Å². The molecule has 0 radical (unpaired) electrons. The first-order valence-corrected chi connectivity index (χ1v) is 12.5. The molecule has 0 aliphatic carbocycles. The van der Waals surface area contributed by atoms with Crippen molar-refractivity contribution in [1.82, 2.24) is 9.58 Å². The van der Waals surface area contributed by atoms with Gasteiger partial charge in [0.15, 0.2) is 5.84 Å². The van der Waals surface area contributed by atoms with Crippen molar-refractivity contribution >= 4 is 39.8 Å². The van der Waals surface area contributed by atoms with Crippen LogP contribution in [0.2, 0.25) is 0 Å². The smallest absolute Gasteiger partial charge is 0.283 e. The lowest BCUT2D eigenvalue weighted by Crippen LogP contribution is -2.35. The highest BCUT2D eigenvalue weighted by atomic mass is 32.2. The van der Waals surface area contributed by atoms with Crippen molar-refractivity contribution < 1.29 is 4.79 Å². The predicted octanol–water partition coefficient (Wildman–Crippen LogP) is 6.38. The van der Waals surface area contributed by atoms with Gasteiger partial charge in [-0.3, -0.25) is 10.2 Å². The number of fused-ring (bicyclic) bond motifs is 1. The summed E-state index contributed by atoms with van der Waals surface area (Å²) in [7, 11) is 0. The van der Waals surface area contributed by atoms with E-state index in [-0.39, 0.29) is 17.3 Å². The first-order chi connectivity index (χ1) is 15.9. The van der Waals surface area contributed by atoms with Crippen LogP contribution in [0.3, 0.4) is 0 Å². The van der Waals surface area contributed by atoms with E-state index in [1.54, 1.807) is 6.08 Å². The van der Waals surface area contributed by atoms with Crippen molar-refractivity contribution in [1.29, 1.82) is 5.41 Å². The molecule has 0 bridgehead atoms. The highest BCUT2D eigenvalue weighted by molar-refractivity contribution is 8.26. The Kier molecular flexibility index (Phi) is 6.98. The number of hydrogen-bond acceptors (Lipinski definition) is 4. The van der Waals surface area contributed by atoms with E-state index in [0.717, 1.165) is 40.5 Å². The summed E-state index contributed by atoms with van der Waals surface area (Å²) in [6.45, 7) is 8.36.